The molecule has 0 spiro atoms. The largest absolute Gasteiger partial charge is 0.340 e. The number of hydrogen-bond acceptors (Lipinski definition) is 7. The third-order valence-corrected chi connectivity index (χ3v) is 6.30. The minimum Gasteiger partial charge on any atom is -0.340 e. The summed E-state index contributed by atoms with van der Waals surface area (Å²) in [6.45, 7) is 3.69. The highest BCUT2D eigenvalue weighted by molar-refractivity contribution is 9.11. The highest BCUT2D eigenvalue weighted by Gasteiger charge is 2.20. The summed E-state index contributed by atoms with van der Waals surface area (Å²) in [5.41, 5.74) is 0. The fourth-order valence-electron chi connectivity index (χ4n) is 1.59. The summed E-state index contributed by atoms with van der Waals surface area (Å²) in [5, 5.41) is 6.63. The molecule has 2 rings (SSSR count). The lowest BCUT2D eigenvalue weighted by Gasteiger charge is -2.03. The van der Waals surface area contributed by atoms with Gasteiger partial charge in [-0.15, -0.1) is 11.3 Å². The Bertz CT molecular complexity index is 670. The van der Waals surface area contributed by atoms with E-state index in [1.807, 2.05) is 6.92 Å². The molecular formula is C11H15BrN4O3S2. The average molecular weight is 395 g/mol. The highest BCUT2D eigenvalue weighted by Crippen LogP contribution is 2.31. The van der Waals surface area contributed by atoms with Crippen molar-refractivity contribution in [1.29, 1.82) is 0 Å². The number of sulfonamides is 1. The first-order valence-corrected chi connectivity index (χ1v) is 9.36. The summed E-state index contributed by atoms with van der Waals surface area (Å²) in [6, 6.07) is 1.67. The van der Waals surface area contributed by atoms with Gasteiger partial charge in [0.25, 0.3) is 0 Å². The molecule has 0 unspecified atom stereocenters. The van der Waals surface area contributed by atoms with Gasteiger partial charge < -0.3 is 9.84 Å². The van der Waals surface area contributed by atoms with Crippen LogP contribution >= 0.6 is 27.3 Å². The van der Waals surface area contributed by atoms with Gasteiger partial charge in [0.2, 0.25) is 15.9 Å². The second kappa shape index (κ2) is 7.45. The van der Waals surface area contributed by atoms with E-state index in [1.54, 1.807) is 6.07 Å². The Labute approximate surface area is 135 Å². The molecule has 0 aromatic carbocycles. The lowest BCUT2D eigenvalue weighted by atomic mass is 10.4. The molecule has 0 aliphatic heterocycles. The molecule has 21 heavy (non-hydrogen) atoms. The summed E-state index contributed by atoms with van der Waals surface area (Å²) in [7, 11) is -3.55. The normalized spacial score (nSPS) is 11.9. The Balaban J connectivity index is 1.99. The van der Waals surface area contributed by atoms with Gasteiger partial charge in [0, 0.05) is 24.4 Å². The summed E-state index contributed by atoms with van der Waals surface area (Å²) >= 11 is 4.71. The molecule has 0 atom stereocenters. The van der Waals surface area contributed by atoms with Crippen LogP contribution in [0, 0.1) is 0 Å². The van der Waals surface area contributed by atoms with Gasteiger partial charge in [0.15, 0.2) is 6.33 Å². The van der Waals surface area contributed by atoms with E-state index in [2.05, 4.69) is 36.1 Å². The fraction of sp³-hybridized carbons (Fsp3) is 0.455. The Morgan fingerprint density at radius 1 is 1.48 bits per heavy atom. The van der Waals surface area contributed by atoms with Crippen molar-refractivity contribution in [2.75, 3.05) is 13.1 Å². The fourth-order valence-corrected chi connectivity index (χ4v) is 5.27. The molecule has 0 amide bonds. The van der Waals surface area contributed by atoms with Crippen molar-refractivity contribution in [1.82, 2.24) is 20.2 Å². The molecule has 116 valence electrons. The van der Waals surface area contributed by atoms with E-state index in [0.29, 0.717) is 22.6 Å². The van der Waals surface area contributed by atoms with E-state index >= 15 is 0 Å². The molecule has 7 nitrogen and oxygen atoms in total. The van der Waals surface area contributed by atoms with Crippen LogP contribution in [0.3, 0.4) is 0 Å². The molecule has 0 aliphatic rings. The van der Waals surface area contributed by atoms with E-state index < -0.39 is 10.0 Å². The maximum absolute atomic E-state index is 12.2. The van der Waals surface area contributed by atoms with Gasteiger partial charge in [-0.05, 0) is 28.5 Å². The molecule has 2 N–H and O–H groups in total. The lowest BCUT2D eigenvalue weighted by molar-refractivity contribution is 0.377. The zero-order valence-corrected chi connectivity index (χ0v) is 14.5. The predicted molar refractivity (Wildman–Crippen MR) is 82.6 cm³/mol. The number of nitrogens with one attached hydrogen (secondary N) is 2. The molecule has 0 bridgehead atoms. The van der Waals surface area contributed by atoms with E-state index in [1.165, 1.54) is 17.7 Å². The first-order chi connectivity index (χ1) is 10.0. The summed E-state index contributed by atoms with van der Waals surface area (Å²) in [6.07, 6.45) is 1.64. The number of hydrogen-bond donors (Lipinski definition) is 2. The topological polar surface area (TPSA) is 97.1 Å². The molecule has 0 saturated heterocycles. The minimum absolute atomic E-state index is 0.204. The molecule has 2 heterocycles. The van der Waals surface area contributed by atoms with Crippen LogP contribution in [0.15, 0.2) is 25.6 Å². The van der Waals surface area contributed by atoms with Crippen molar-refractivity contribution in [3.63, 3.8) is 0 Å². The third-order valence-electron chi connectivity index (χ3n) is 2.58. The molecule has 2 aromatic rings. The first-order valence-electron chi connectivity index (χ1n) is 6.27. The van der Waals surface area contributed by atoms with E-state index in [-0.39, 0.29) is 11.4 Å². The van der Waals surface area contributed by atoms with Gasteiger partial charge in [0.1, 0.15) is 4.90 Å². The zero-order valence-electron chi connectivity index (χ0n) is 11.3. The summed E-state index contributed by atoms with van der Waals surface area (Å²) in [4.78, 5) is 5.05. The third kappa shape index (κ3) is 4.58. The lowest BCUT2D eigenvalue weighted by Crippen LogP contribution is -2.26. The number of halogens is 1. The minimum atomic E-state index is -3.55. The molecule has 10 heteroatoms. The second-order valence-electron chi connectivity index (χ2n) is 4.11. The number of thiophene rings is 1. The standard InChI is InChI=1S/C11H15BrN4O3S2/c1-2-13-6-8-5-9(11(12)20-8)21(17,18)16-4-3-10-14-7-15-19-10/h5,7,13,16H,2-4,6H2,1H3. The monoisotopic (exact) mass is 394 g/mol. The van der Waals surface area contributed by atoms with Crippen molar-refractivity contribution in [3.05, 3.63) is 26.9 Å². The Hall–Kier alpha value is -0.810. The van der Waals surface area contributed by atoms with Crippen LogP contribution < -0.4 is 10.0 Å². The second-order valence-corrected chi connectivity index (χ2v) is 8.30. The number of rotatable bonds is 8. The molecule has 2 aromatic heterocycles. The SMILES string of the molecule is CCNCc1cc(S(=O)(=O)NCCc2ncno2)c(Br)s1. The van der Waals surface area contributed by atoms with Crippen LogP contribution in [0.25, 0.3) is 0 Å². The zero-order chi connectivity index (χ0) is 15.3. The van der Waals surface area contributed by atoms with E-state index in [4.69, 9.17) is 4.52 Å². The average Bonchev–Trinajstić information content (AvgIpc) is 3.06. The van der Waals surface area contributed by atoms with Crippen molar-refractivity contribution in [3.8, 4) is 0 Å². The van der Waals surface area contributed by atoms with Gasteiger partial charge in [-0.25, -0.2) is 13.1 Å². The Morgan fingerprint density at radius 3 is 2.95 bits per heavy atom. The highest BCUT2D eigenvalue weighted by atomic mass is 79.9. The Morgan fingerprint density at radius 2 is 2.29 bits per heavy atom. The maximum atomic E-state index is 12.2. The van der Waals surface area contributed by atoms with Crippen LogP contribution in [-0.4, -0.2) is 31.6 Å². The van der Waals surface area contributed by atoms with Crippen molar-refractivity contribution >= 4 is 37.3 Å². The molecular weight excluding hydrogens is 380 g/mol. The Kier molecular flexibility index (Phi) is 5.88. The molecule has 0 radical (unpaired) electrons. The van der Waals surface area contributed by atoms with Gasteiger partial charge in [-0.2, -0.15) is 4.98 Å². The van der Waals surface area contributed by atoms with Crippen molar-refractivity contribution < 1.29 is 12.9 Å². The van der Waals surface area contributed by atoms with E-state index in [9.17, 15) is 8.42 Å². The van der Waals surface area contributed by atoms with Gasteiger partial charge in [-0.1, -0.05) is 12.1 Å². The predicted octanol–water partition coefficient (Wildman–Crippen LogP) is 1.52. The molecule has 0 aliphatic carbocycles. The van der Waals surface area contributed by atoms with Crippen LogP contribution in [0.2, 0.25) is 0 Å². The van der Waals surface area contributed by atoms with Gasteiger partial charge in [-0.3, -0.25) is 0 Å². The summed E-state index contributed by atoms with van der Waals surface area (Å²) in [5.74, 6) is 0.398. The number of nitrogens with zero attached hydrogens (tertiary/aromatic N) is 2. The molecule has 0 fully saturated rings. The van der Waals surface area contributed by atoms with Crippen molar-refractivity contribution in [2.24, 2.45) is 0 Å². The summed E-state index contributed by atoms with van der Waals surface area (Å²) < 4.78 is 32.4. The van der Waals surface area contributed by atoms with Gasteiger partial charge in [0.05, 0.1) is 3.79 Å². The van der Waals surface area contributed by atoms with Crippen LogP contribution in [0.1, 0.15) is 17.7 Å². The van der Waals surface area contributed by atoms with Crippen molar-refractivity contribution in [2.45, 2.75) is 24.8 Å². The van der Waals surface area contributed by atoms with Gasteiger partial charge >= 0.3 is 0 Å². The quantitative estimate of drug-likeness (QED) is 0.704. The first kappa shape index (κ1) is 16.6. The van der Waals surface area contributed by atoms with Crippen LogP contribution in [0.5, 0.6) is 0 Å². The van der Waals surface area contributed by atoms with Crippen LogP contribution in [0.4, 0.5) is 0 Å². The van der Waals surface area contributed by atoms with E-state index in [0.717, 1.165) is 11.4 Å². The number of aromatic nitrogens is 2. The molecule has 0 saturated carbocycles. The maximum Gasteiger partial charge on any atom is 0.242 e. The van der Waals surface area contributed by atoms with Crippen LogP contribution in [-0.2, 0) is 23.0 Å². The smallest absolute Gasteiger partial charge is 0.242 e.